The van der Waals surface area contributed by atoms with Crippen LogP contribution in [-0.2, 0) is 0 Å². The summed E-state index contributed by atoms with van der Waals surface area (Å²) in [6, 6.07) is 0.586. The van der Waals surface area contributed by atoms with Crippen LogP contribution in [0.15, 0.2) is 0 Å². The first-order valence-electron chi connectivity index (χ1n) is 8.01. The Morgan fingerprint density at radius 2 is 2.05 bits per heavy atom. The number of hydrogen-bond acceptors (Lipinski definition) is 2. The molecule has 0 amide bonds. The Labute approximate surface area is 118 Å². The van der Waals surface area contributed by atoms with E-state index in [9.17, 15) is 5.11 Å². The van der Waals surface area contributed by atoms with Gasteiger partial charge in [-0.1, -0.05) is 33.1 Å². The number of aliphatic hydroxyl groups excluding tert-OH is 1. The van der Waals surface area contributed by atoms with Gasteiger partial charge in [0.25, 0.3) is 0 Å². The molecule has 1 aliphatic heterocycles. The fraction of sp³-hybridized carbons (Fsp3) is 0.938. The predicted octanol–water partition coefficient (Wildman–Crippen LogP) is 2.40. The van der Waals surface area contributed by atoms with Crippen molar-refractivity contribution in [2.24, 2.45) is 17.6 Å². The lowest BCUT2D eigenvalue weighted by atomic mass is 9.77. The molecule has 1 heterocycles. The Morgan fingerprint density at radius 1 is 1.37 bits per heavy atom. The molecule has 3 heteroatoms. The fourth-order valence-corrected chi connectivity index (χ4v) is 3.35. The van der Waals surface area contributed by atoms with Crippen molar-refractivity contribution in [2.45, 2.75) is 77.5 Å². The number of rotatable bonds is 9. The van der Waals surface area contributed by atoms with Crippen molar-refractivity contribution >= 4 is 6.21 Å². The van der Waals surface area contributed by atoms with E-state index in [-0.39, 0.29) is 18.1 Å². The van der Waals surface area contributed by atoms with Gasteiger partial charge in [0.15, 0.2) is 6.04 Å². The summed E-state index contributed by atoms with van der Waals surface area (Å²) in [6.07, 6.45) is 8.78. The van der Waals surface area contributed by atoms with Gasteiger partial charge in [-0.05, 0) is 19.8 Å². The van der Waals surface area contributed by atoms with Crippen LogP contribution in [0.1, 0.15) is 59.3 Å². The smallest absolute Gasteiger partial charge is 0.166 e. The molecule has 0 radical (unpaired) electrons. The molecule has 3 nitrogen and oxygen atoms in total. The number of hydrogen-bond donors (Lipinski definition) is 2. The first kappa shape index (κ1) is 16.6. The van der Waals surface area contributed by atoms with Gasteiger partial charge in [0.05, 0.1) is 12.5 Å². The first-order valence-corrected chi connectivity index (χ1v) is 8.01. The molecule has 0 aromatic rings. The van der Waals surface area contributed by atoms with Crippen molar-refractivity contribution in [1.29, 1.82) is 0 Å². The number of aliphatic hydroxyl groups is 1. The van der Waals surface area contributed by atoms with Crippen molar-refractivity contribution < 1.29 is 9.68 Å². The minimum absolute atomic E-state index is 0.0790. The molecule has 0 spiro atoms. The fourth-order valence-electron chi connectivity index (χ4n) is 3.35. The zero-order chi connectivity index (χ0) is 14.4. The number of nitrogens with zero attached hydrogens (tertiary/aromatic N) is 1. The Morgan fingerprint density at radius 3 is 2.42 bits per heavy atom. The third kappa shape index (κ3) is 4.28. The second-order valence-corrected chi connectivity index (χ2v) is 6.23. The van der Waals surface area contributed by atoms with Crippen LogP contribution in [0.4, 0.5) is 0 Å². The molecule has 1 aliphatic rings. The highest BCUT2D eigenvalue weighted by Gasteiger charge is 2.41. The lowest BCUT2D eigenvalue weighted by Gasteiger charge is -2.36. The van der Waals surface area contributed by atoms with E-state index in [1.54, 1.807) is 0 Å². The van der Waals surface area contributed by atoms with Crippen LogP contribution >= 0.6 is 0 Å². The van der Waals surface area contributed by atoms with Crippen LogP contribution in [0.3, 0.4) is 0 Å². The Balaban J connectivity index is 2.62. The van der Waals surface area contributed by atoms with E-state index < -0.39 is 0 Å². The molecule has 5 atom stereocenters. The maximum Gasteiger partial charge on any atom is 0.166 e. The molecular weight excluding hydrogens is 236 g/mol. The lowest BCUT2D eigenvalue weighted by Crippen LogP contribution is -2.49. The van der Waals surface area contributed by atoms with Gasteiger partial charge in [0, 0.05) is 17.9 Å². The topological polar surface area (TPSA) is 49.3 Å². The van der Waals surface area contributed by atoms with Crippen molar-refractivity contribution in [3.63, 3.8) is 0 Å². The molecule has 5 unspecified atom stereocenters. The summed E-state index contributed by atoms with van der Waals surface area (Å²) in [5.41, 5.74) is 6.13. The van der Waals surface area contributed by atoms with Crippen LogP contribution in [0.25, 0.3) is 0 Å². The normalized spacial score (nSPS) is 25.2. The zero-order valence-corrected chi connectivity index (χ0v) is 13.2. The van der Waals surface area contributed by atoms with Gasteiger partial charge in [-0.25, -0.2) is 4.58 Å². The second-order valence-electron chi connectivity index (χ2n) is 6.23. The average molecular weight is 269 g/mol. The third-order valence-corrected chi connectivity index (χ3v) is 4.82. The van der Waals surface area contributed by atoms with Crippen molar-refractivity contribution in [3.8, 4) is 0 Å². The van der Waals surface area contributed by atoms with Crippen LogP contribution in [0, 0.1) is 11.8 Å². The molecule has 0 aromatic carbocycles. The molecule has 3 N–H and O–H groups in total. The van der Waals surface area contributed by atoms with E-state index in [0.717, 1.165) is 19.3 Å². The number of unbranched alkanes of at least 4 members (excludes halogenated alkanes) is 2. The van der Waals surface area contributed by atoms with Gasteiger partial charge in [-0.2, -0.15) is 0 Å². The molecule has 0 fully saturated rings. The molecule has 112 valence electrons. The molecule has 1 rings (SSSR count). The van der Waals surface area contributed by atoms with Crippen LogP contribution in [0.2, 0.25) is 0 Å². The van der Waals surface area contributed by atoms with E-state index in [2.05, 4.69) is 31.7 Å². The minimum Gasteiger partial charge on any atom is -0.392 e. The Hall–Kier alpha value is -0.410. The summed E-state index contributed by atoms with van der Waals surface area (Å²) in [5.74, 6) is 0.595. The number of nitrogens with two attached hydrogens (primary N) is 1. The van der Waals surface area contributed by atoms with E-state index in [0.29, 0.717) is 12.0 Å². The molecule has 19 heavy (non-hydrogen) atoms. The summed E-state index contributed by atoms with van der Waals surface area (Å²) in [7, 11) is 2.11. The van der Waals surface area contributed by atoms with Crippen LogP contribution in [0.5, 0.6) is 0 Å². The maximum atomic E-state index is 10.8. The van der Waals surface area contributed by atoms with Crippen molar-refractivity contribution in [1.82, 2.24) is 0 Å². The van der Waals surface area contributed by atoms with Gasteiger partial charge >= 0.3 is 0 Å². The average Bonchev–Trinajstić information content (AvgIpc) is 2.37. The summed E-state index contributed by atoms with van der Waals surface area (Å²) in [5, 5.41) is 10.8. The quantitative estimate of drug-likeness (QED) is 0.499. The third-order valence-electron chi connectivity index (χ3n) is 4.82. The van der Waals surface area contributed by atoms with E-state index >= 15 is 0 Å². The van der Waals surface area contributed by atoms with Crippen LogP contribution in [-0.4, -0.2) is 41.1 Å². The molecule has 0 saturated carbocycles. The van der Waals surface area contributed by atoms with Gasteiger partial charge in [0.2, 0.25) is 0 Å². The van der Waals surface area contributed by atoms with Gasteiger partial charge in [-0.3, -0.25) is 0 Å². The Bertz CT molecular complexity index is 288. The largest absolute Gasteiger partial charge is 0.392 e. The predicted molar refractivity (Wildman–Crippen MR) is 81.7 cm³/mol. The summed E-state index contributed by atoms with van der Waals surface area (Å²) in [6.45, 7) is 6.44. The zero-order valence-electron chi connectivity index (χ0n) is 13.2. The monoisotopic (exact) mass is 269 g/mol. The highest BCUT2D eigenvalue weighted by Crippen LogP contribution is 2.30. The van der Waals surface area contributed by atoms with Crippen molar-refractivity contribution in [3.05, 3.63) is 0 Å². The van der Waals surface area contributed by atoms with Gasteiger partial charge in [0.1, 0.15) is 13.3 Å². The molecule has 0 aromatic heterocycles. The minimum atomic E-state index is -0.261. The maximum absolute atomic E-state index is 10.8. The standard InChI is InChI=1S/C16H33N2O/c1-5-7-8-9-14(12(3)17)16(19)13(6-2)15-10-11-18(15)4/h11-16,19H,5-10,17H2,1-4H3/q+1. The van der Waals surface area contributed by atoms with Crippen molar-refractivity contribution in [2.75, 3.05) is 7.05 Å². The van der Waals surface area contributed by atoms with E-state index in [4.69, 9.17) is 5.73 Å². The summed E-state index contributed by atoms with van der Waals surface area (Å²) < 4.78 is 2.25. The molecular formula is C16H33N2O+. The summed E-state index contributed by atoms with van der Waals surface area (Å²) in [4.78, 5) is 0. The van der Waals surface area contributed by atoms with Crippen LogP contribution < -0.4 is 5.73 Å². The highest BCUT2D eigenvalue weighted by atomic mass is 16.3. The lowest BCUT2D eigenvalue weighted by molar-refractivity contribution is -0.571. The highest BCUT2D eigenvalue weighted by molar-refractivity contribution is 5.56. The SMILES string of the molecule is CCCCCC(C(C)N)C(O)C(CC)C1CC=[N+]1C. The van der Waals surface area contributed by atoms with Gasteiger partial charge < -0.3 is 10.8 Å². The Kier molecular flexibility index (Phi) is 7.01. The van der Waals surface area contributed by atoms with E-state index in [1.165, 1.54) is 19.3 Å². The molecule has 0 bridgehead atoms. The molecule has 0 aliphatic carbocycles. The van der Waals surface area contributed by atoms with E-state index in [1.807, 2.05) is 6.92 Å². The summed E-state index contributed by atoms with van der Waals surface area (Å²) >= 11 is 0. The molecule has 0 saturated heterocycles. The first-order chi connectivity index (χ1) is 9.02. The second kappa shape index (κ2) is 8.01. The van der Waals surface area contributed by atoms with Gasteiger partial charge in [-0.15, -0.1) is 0 Å².